The van der Waals surface area contributed by atoms with Crippen LogP contribution in [-0.4, -0.2) is 11.7 Å². The van der Waals surface area contributed by atoms with Gasteiger partial charge < -0.3 is 9.84 Å². The van der Waals surface area contributed by atoms with Gasteiger partial charge >= 0.3 is 0 Å². The molecule has 0 saturated heterocycles. The molecule has 0 atom stereocenters. The minimum absolute atomic E-state index is 0.817. The van der Waals surface area contributed by atoms with Gasteiger partial charge in [0.2, 0.25) is 0 Å². The summed E-state index contributed by atoms with van der Waals surface area (Å²) in [6, 6.07) is 1.96. The third kappa shape index (κ3) is 3.05. The maximum absolute atomic E-state index is 4.93. The average Bonchev–Trinajstić information content (AvgIpc) is 2.45. The number of hydrogen-bond donors (Lipinski definition) is 1. The molecule has 1 aromatic heterocycles. The van der Waals surface area contributed by atoms with Crippen molar-refractivity contribution in [3.8, 4) is 0 Å². The molecule has 68 valence electrons. The van der Waals surface area contributed by atoms with Crippen molar-refractivity contribution in [3.05, 3.63) is 17.5 Å². The predicted octanol–water partition coefficient (Wildman–Crippen LogP) is 1.87. The monoisotopic (exact) mass is 168 g/mol. The fourth-order valence-corrected chi connectivity index (χ4v) is 1.02. The standard InChI is InChI=1S/C9H16N2O/c1-3-4-5-10-7-9-6-8(2)12-11-9/h6,10H,3-5,7H2,1-2H3. The number of aryl methyl sites for hydroxylation is 1. The molecule has 0 unspecified atom stereocenters. The van der Waals surface area contributed by atoms with Crippen LogP contribution in [0.15, 0.2) is 10.6 Å². The topological polar surface area (TPSA) is 38.1 Å². The van der Waals surface area contributed by atoms with Crippen molar-refractivity contribution < 1.29 is 4.52 Å². The first kappa shape index (κ1) is 9.26. The van der Waals surface area contributed by atoms with Crippen molar-refractivity contribution in [1.29, 1.82) is 0 Å². The first-order valence-electron chi connectivity index (χ1n) is 4.46. The number of rotatable bonds is 5. The summed E-state index contributed by atoms with van der Waals surface area (Å²) in [5.74, 6) is 0.877. The van der Waals surface area contributed by atoms with Gasteiger partial charge in [-0.1, -0.05) is 18.5 Å². The largest absolute Gasteiger partial charge is 0.361 e. The number of hydrogen-bond acceptors (Lipinski definition) is 3. The van der Waals surface area contributed by atoms with Crippen molar-refractivity contribution in [2.45, 2.75) is 33.2 Å². The van der Waals surface area contributed by atoms with Crippen LogP contribution >= 0.6 is 0 Å². The smallest absolute Gasteiger partial charge is 0.133 e. The summed E-state index contributed by atoms with van der Waals surface area (Å²) in [7, 11) is 0. The van der Waals surface area contributed by atoms with Gasteiger partial charge in [0.1, 0.15) is 5.76 Å². The Balaban J connectivity index is 2.15. The van der Waals surface area contributed by atoms with Crippen LogP contribution in [0.2, 0.25) is 0 Å². The molecule has 0 aliphatic carbocycles. The van der Waals surface area contributed by atoms with Crippen molar-refractivity contribution in [1.82, 2.24) is 10.5 Å². The van der Waals surface area contributed by atoms with E-state index in [1.807, 2.05) is 13.0 Å². The van der Waals surface area contributed by atoms with E-state index in [2.05, 4.69) is 17.4 Å². The number of nitrogens with one attached hydrogen (secondary N) is 1. The summed E-state index contributed by atoms with van der Waals surface area (Å²) in [6.45, 7) is 5.96. The summed E-state index contributed by atoms with van der Waals surface area (Å²) in [5.41, 5.74) is 0.989. The summed E-state index contributed by atoms with van der Waals surface area (Å²) in [4.78, 5) is 0. The van der Waals surface area contributed by atoms with Crippen LogP contribution in [0.1, 0.15) is 31.2 Å². The lowest BCUT2D eigenvalue weighted by Crippen LogP contribution is -2.14. The minimum Gasteiger partial charge on any atom is -0.361 e. The van der Waals surface area contributed by atoms with Gasteiger partial charge in [0.15, 0.2) is 0 Å². The molecule has 0 aromatic carbocycles. The van der Waals surface area contributed by atoms with E-state index in [4.69, 9.17) is 4.52 Å². The van der Waals surface area contributed by atoms with Crippen LogP contribution in [0.3, 0.4) is 0 Å². The van der Waals surface area contributed by atoms with E-state index in [0.717, 1.165) is 24.5 Å². The van der Waals surface area contributed by atoms with Crippen LogP contribution in [-0.2, 0) is 6.54 Å². The van der Waals surface area contributed by atoms with E-state index in [1.165, 1.54) is 12.8 Å². The van der Waals surface area contributed by atoms with Crippen LogP contribution in [0, 0.1) is 6.92 Å². The average molecular weight is 168 g/mol. The van der Waals surface area contributed by atoms with Crippen molar-refractivity contribution >= 4 is 0 Å². The summed E-state index contributed by atoms with van der Waals surface area (Å²) in [6.07, 6.45) is 2.45. The lowest BCUT2D eigenvalue weighted by molar-refractivity contribution is 0.388. The SMILES string of the molecule is CCCCNCc1cc(C)on1. The van der Waals surface area contributed by atoms with Crippen LogP contribution in [0.4, 0.5) is 0 Å². The molecule has 3 heteroatoms. The zero-order chi connectivity index (χ0) is 8.81. The fraction of sp³-hybridized carbons (Fsp3) is 0.667. The Morgan fingerprint density at radius 1 is 1.58 bits per heavy atom. The van der Waals surface area contributed by atoms with Gasteiger partial charge in [0.05, 0.1) is 5.69 Å². The lowest BCUT2D eigenvalue weighted by atomic mass is 10.3. The van der Waals surface area contributed by atoms with E-state index in [0.29, 0.717) is 0 Å². The Morgan fingerprint density at radius 3 is 3.00 bits per heavy atom. The molecular formula is C9H16N2O. The second-order valence-corrected chi connectivity index (χ2v) is 2.96. The van der Waals surface area contributed by atoms with Gasteiger partial charge in [-0.2, -0.15) is 0 Å². The molecule has 0 spiro atoms. The molecule has 1 aromatic rings. The number of unbranched alkanes of at least 4 members (excludes halogenated alkanes) is 1. The Morgan fingerprint density at radius 2 is 2.42 bits per heavy atom. The Kier molecular flexibility index (Phi) is 3.80. The summed E-state index contributed by atoms with van der Waals surface area (Å²) in [5, 5.41) is 7.17. The normalized spacial score (nSPS) is 10.5. The van der Waals surface area contributed by atoms with Crippen molar-refractivity contribution in [2.75, 3.05) is 6.54 Å². The molecule has 0 aliphatic rings. The Bertz CT molecular complexity index is 220. The summed E-state index contributed by atoms with van der Waals surface area (Å²) < 4.78 is 4.93. The maximum Gasteiger partial charge on any atom is 0.133 e. The van der Waals surface area contributed by atoms with Gasteiger partial charge in [-0.05, 0) is 19.9 Å². The highest BCUT2D eigenvalue weighted by Crippen LogP contribution is 2.00. The summed E-state index contributed by atoms with van der Waals surface area (Å²) >= 11 is 0. The number of nitrogens with zero attached hydrogens (tertiary/aromatic N) is 1. The highest BCUT2D eigenvalue weighted by atomic mass is 16.5. The van der Waals surface area contributed by atoms with Crippen LogP contribution in [0.25, 0.3) is 0 Å². The molecule has 0 fully saturated rings. The minimum atomic E-state index is 0.817. The second kappa shape index (κ2) is 4.93. The van der Waals surface area contributed by atoms with Gasteiger partial charge in [0, 0.05) is 12.6 Å². The van der Waals surface area contributed by atoms with Crippen molar-refractivity contribution in [3.63, 3.8) is 0 Å². The van der Waals surface area contributed by atoms with E-state index in [1.54, 1.807) is 0 Å². The van der Waals surface area contributed by atoms with E-state index < -0.39 is 0 Å². The van der Waals surface area contributed by atoms with E-state index in [-0.39, 0.29) is 0 Å². The first-order chi connectivity index (χ1) is 5.83. The Labute approximate surface area is 73.1 Å². The van der Waals surface area contributed by atoms with Gasteiger partial charge in [-0.3, -0.25) is 0 Å². The molecule has 0 radical (unpaired) electrons. The molecule has 3 nitrogen and oxygen atoms in total. The third-order valence-corrected chi connectivity index (χ3v) is 1.69. The zero-order valence-corrected chi connectivity index (χ0v) is 7.76. The van der Waals surface area contributed by atoms with E-state index in [9.17, 15) is 0 Å². The first-order valence-corrected chi connectivity index (χ1v) is 4.46. The van der Waals surface area contributed by atoms with Crippen LogP contribution in [0.5, 0.6) is 0 Å². The molecular weight excluding hydrogens is 152 g/mol. The predicted molar refractivity (Wildman–Crippen MR) is 47.9 cm³/mol. The van der Waals surface area contributed by atoms with Crippen molar-refractivity contribution in [2.24, 2.45) is 0 Å². The van der Waals surface area contributed by atoms with E-state index >= 15 is 0 Å². The maximum atomic E-state index is 4.93. The van der Waals surface area contributed by atoms with Crippen LogP contribution < -0.4 is 5.32 Å². The third-order valence-electron chi connectivity index (χ3n) is 1.69. The molecule has 1 heterocycles. The highest BCUT2D eigenvalue weighted by Gasteiger charge is 1.97. The number of aromatic nitrogens is 1. The quantitative estimate of drug-likeness (QED) is 0.682. The molecule has 0 amide bonds. The molecule has 0 aliphatic heterocycles. The molecule has 1 rings (SSSR count). The van der Waals surface area contributed by atoms with Gasteiger partial charge in [-0.15, -0.1) is 0 Å². The molecule has 0 saturated carbocycles. The zero-order valence-electron chi connectivity index (χ0n) is 7.76. The van der Waals surface area contributed by atoms with Gasteiger partial charge in [-0.25, -0.2) is 0 Å². The molecule has 0 bridgehead atoms. The Hall–Kier alpha value is -0.830. The second-order valence-electron chi connectivity index (χ2n) is 2.96. The highest BCUT2D eigenvalue weighted by molar-refractivity contribution is 5.02. The van der Waals surface area contributed by atoms with Gasteiger partial charge in [0.25, 0.3) is 0 Å². The molecule has 1 N–H and O–H groups in total. The fourth-order valence-electron chi connectivity index (χ4n) is 1.02. The lowest BCUT2D eigenvalue weighted by Gasteiger charge is -1.98. The molecule has 12 heavy (non-hydrogen) atoms.